The van der Waals surface area contributed by atoms with Crippen LogP contribution in [0, 0.1) is 19.8 Å². The van der Waals surface area contributed by atoms with Crippen molar-refractivity contribution >= 4 is 5.91 Å². The van der Waals surface area contributed by atoms with E-state index in [2.05, 4.69) is 10.1 Å². The second kappa shape index (κ2) is 5.91. The van der Waals surface area contributed by atoms with E-state index < -0.39 is 0 Å². The van der Waals surface area contributed by atoms with Gasteiger partial charge in [0.05, 0.1) is 31.4 Å². The molecule has 2 aliphatic heterocycles. The lowest BCUT2D eigenvalue weighted by molar-refractivity contribution is -0.139. The fraction of sp³-hybridized carbons (Fsp3) is 0.765. The second-order valence-corrected chi connectivity index (χ2v) is 7.15. The quantitative estimate of drug-likeness (QED) is 0.837. The van der Waals surface area contributed by atoms with Gasteiger partial charge >= 0.3 is 0 Å². The van der Waals surface area contributed by atoms with E-state index >= 15 is 0 Å². The van der Waals surface area contributed by atoms with Crippen LogP contribution in [0.2, 0.25) is 0 Å². The van der Waals surface area contributed by atoms with Gasteiger partial charge in [-0.15, -0.1) is 0 Å². The van der Waals surface area contributed by atoms with Crippen LogP contribution in [0.3, 0.4) is 0 Å². The Labute approximate surface area is 136 Å². The highest BCUT2D eigenvalue weighted by Crippen LogP contribution is 2.38. The monoisotopic (exact) mass is 319 g/mol. The number of amides is 1. The third-order valence-electron chi connectivity index (χ3n) is 5.58. The fourth-order valence-corrected chi connectivity index (χ4v) is 4.01. The molecule has 4 rings (SSSR count). The minimum atomic E-state index is 0.174. The number of rotatable bonds is 3. The highest BCUT2D eigenvalue weighted by atomic mass is 16.5. The third-order valence-corrected chi connectivity index (χ3v) is 5.58. The van der Waals surface area contributed by atoms with Gasteiger partial charge in [-0.2, -0.15) is 0 Å². The number of hydrogen-bond acceptors (Lipinski definition) is 5. The molecule has 0 aromatic carbocycles. The van der Waals surface area contributed by atoms with Gasteiger partial charge in [0.1, 0.15) is 5.76 Å². The maximum Gasteiger partial charge on any atom is 0.227 e. The zero-order valence-electron chi connectivity index (χ0n) is 14.0. The minimum absolute atomic E-state index is 0.174. The lowest BCUT2D eigenvalue weighted by Gasteiger charge is -2.48. The number of aromatic nitrogens is 1. The van der Waals surface area contributed by atoms with Crippen LogP contribution in [0.25, 0.3) is 0 Å². The number of aryl methyl sites for hydroxylation is 2. The summed E-state index contributed by atoms with van der Waals surface area (Å²) in [6.45, 7) is 7.96. The number of carbonyl (C=O) groups excluding carboxylic acids is 1. The third kappa shape index (κ3) is 2.90. The van der Waals surface area contributed by atoms with Crippen molar-refractivity contribution in [1.29, 1.82) is 0 Å². The summed E-state index contributed by atoms with van der Waals surface area (Å²) in [7, 11) is 0. The molecule has 6 heteroatoms. The van der Waals surface area contributed by atoms with Crippen molar-refractivity contribution in [1.82, 2.24) is 15.0 Å². The Hall–Kier alpha value is -1.40. The molecule has 0 radical (unpaired) electrons. The smallest absolute Gasteiger partial charge is 0.227 e. The highest BCUT2D eigenvalue weighted by Gasteiger charge is 2.43. The van der Waals surface area contributed by atoms with Gasteiger partial charge < -0.3 is 14.2 Å². The van der Waals surface area contributed by atoms with E-state index in [0.29, 0.717) is 18.5 Å². The molecular formula is C17H25N3O3. The molecule has 126 valence electrons. The number of fused-ring (bicyclic) bond motifs is 1. The van der Waals surface area contributed by atoms with Gasteiger partial charge in [0.15, 0.2) is 0 Å². The van der Waals surface area contributed by atoms with Crippen molar-refractivity contribution in [3.63, 3.8) is 0 Å². The maximum atomic E-state index is 12.7. The van der Waals surface area contributed by atoms with Gasteiger partial charge in [0.25, 0.3) is 0 Å². The summed E-state index contributed by atoms with van der Waals surface area (Å²) >= 11 is 0. The molecule has 3 heterocycles. The zero-order valence-corrected chi connectivity index (χ0v) is 14.0. The number of carbonyl (C=O) groups is 1. The van der Waals surface area contributed by atoms with E-state index in [4.69, 9.17) is 9.26 Å². The maximum absolute atomic E-state index is 12.7. The van der Waals surface area contributed by atoms with Gasteiger partial charge in [-0.25, -0.2) is 0 Å². The first kappa shape index (κ1) is 15.1. The van der Waals surface area contributed by atoms with Crippen LogP contribution in [0.1, 0.15) is 29.9 Å². The van der Waals surface area contributed by atoms with Gasteiger partial charge in [-0.05, 0) is 32.6 Å². The van der Waals surface area contributed by atoms with Crippen molar-refractivity contribution in [2.75, 3.05) is 32.8 Å². The molecule has 0 N–H and O–H groups in total. The molecular weight excluding hydrogens is 294 g/mol. The van der Waals surface area contributed by atoms with Crippen molar-refractivity contribution < 1.29 is 14.1 Å². The Morgan fingerprint density at radius 2 is 2.09 bits per heavy atom. The summed E-state index contributed by atoms with van der Waals surface area (Å²) in [5.41, 5.74) is 1.76. The molecule has 0 spiro atoms. The number of morpholine rings is 1. The Balaban J connectivity index is 1.40. The second-order valence-electron chi connectivity index (χ2n) is 7.15. The molecule has 2 atom stereocenters. The first-order chi connectivity index (χ1) is 11.1. The first-order valence-corrected chi connectivity index (χ1v) is 8.66. The molecule has 1 aromatic heterocycles. The lowest BCUT2D eigenvalue weighted by atomic mass is 10.0. The molecule has 1 aromatic rings. The predicted molar refractivity (Wildman–Crippen MR) is 84.1 cm³/mol. The molecule has 6 nitrogen and oxygen atoms in total. The fourth-order valence-electron chi connectivity index (χ4n) is 4.01. The molecule has 2 saturated heterocycles. The van der Waals surface area contributed by atoms with Gasteiger partial charge in [-0.1, -0.05) is 5.16 Å². The SMILES string of the molecule is Cc1noc(C)c1CC(=O)N1CCN2[C@@H](COC[C@@H]2C2CC2)C1. The van der Waals surface area contributed by atoms with Crippen LogP contribution < -0.4 is 0 Å². The molecule has 3 aliphatic rings. The van der Waals surface area contributed by atoms with Crippen LogP contribution in [-0.4, -0.2) is 65.8 Å². The standard InChI is InChI=1S/C17H25N3O3/c1-11-15(12(2)23-18-11)7-17(21)19-5-6-20-14(8-19)9-22-10-16(20)13-3-4-13/h13-14,16H,3-10H2,1-2H3/t14-,16-/m1/s1. The van der Waals surface area contributed by atoms with Crippen molar-refractivity contribution in [3.05, 3.63) is 17.0 Å². The Morgan fingerprint density at radius 3 is 2.78 bits per heavy atom. The number of piperazine rings is 1. The number of hydrogen-bond donors (Lipinski definition) is 0. The zero-order chi connectivity index (χ0) is 16.0. The van der Waals surface area contributed by atoms with E-state index in [0.717, 1.165) is 55.8 Å². The molecule has 3 fully saturated rings. The average Bonchev–Trinajstić information content (AvgIpc) is 3.36. The largest absolute Gasteiger partial charge is 0.378 e. The van der Waals surface area contributed by atoms with Crippen LogP contribution in [0.4, 0.5) is 0 Å². The summed E-state index contributed by atoms with van der Waals surface area (Å²) in [6, 6.07) is 0.935. The Bertz CT molecular complexity index is 576. The van der Waals surface area contributed by atoms with Crippen molar-refractivity contribution in [2.45, 2.75) is 45.2 Å². The van der Waals surface area contributed by atoms with E-state index in [9.17, 15) is 4.79 Å². The number of nitrogens with zero attached hydrogens (tertiary/aromatic N) is 3. The molecule has 23 heavy (non-hydrogen) atoms. The molecule has 0 unspecified atom stereocenters. The lowest BCUT2D eigenvalue weighted by Crippen LogP contribution is -2.63. The summed E-state index contributed by atoms with van der Waals surface area (Å²) in [5.74, 6) is 1.75. The van der Waals surface area contributed by atoms with E-state index in [-0.39, 0.29) is 5.91 Å². The van der Waals surface area contributed by atoms with Crippen LogP contribution >= 0.6 is 0 Å². The highest BCUT2D eigenvalue weighted by molar-refractivity contribution is 5.79. The summed E-state index contributed by atoms with van der Waals surface area (Å²) < 4.78 is 11.0. The molecule has 1 aliphatic carbocycles. The molecule has 0 bridgehead atoms. The summed E-state index contributed by atoms with van der Waals surface area (Å²) in [6.07, 6.45) is 3.07. The van der Waals surface area contributed by atoms with Crippen molar-refractivity contribution in [3.8, 4) is 0 Å². The normalized spacial score (nSPS) is 28.7. The van der Waals surface area contributed by atoms with Gasteiger partial charge in [-0.3, -0.25) is 9.69 Å². The predicted octanol–water partition coefficient (Wildman–Crippen LogP) is 1.16. The molecule has 1 amide bonds. The van der Waals surface area contributed by atoms with Crippen LogP contribution in [0.5, 0.6) is 0 Å². The Kier molecular flexibility index (Phi) is 3.89. The van der Waals surface area contributed by atoms with Crippen LogP contribution in [-0.2, 0) is 16.0 Å². The Morgan fingerprint density at radius 1 is 1.26 bits per heavy atom. The minimum Gasteiger partial charge on any atom is -0.378 e. The van der Waals surface area contributed by atoms with Crippen LogP contribution in [0.15, 0.2) is 4.52 Å². The summed E-state index contributed by atoms with van der Waals surface area (Å²) in [5, 5.41) is 3.94. The van der Waals surface area contributed by atoms with Gasteiger partial charge in [0.2, 0.25) is 5.91 Å². The summed E-state index contributed by atoms with van der Waals surface area (Å²) in [4.78, 5) is 17.3. The average molecular weight is 319 g/mol. The molecule has 1 saturated carbocycles. The van der Waals surface area contributed by atoms with Gasteiger partial charge in [0, 0.05) is 31.2 Å². The number of ether oxygens (including phenoxy) is 1. The van der Waals surface area contributed by atoms with E-state index in [1.54, 1.807) is 0 Å². The topological polar surface area (TPSA) is 58.8 Å². The van der Waals surface area contributed by atoms with E-state index in [1.807, 2.05) is 18.7 Å². The first-order valence-electron chi connectivity index (χ1n) is 8.66. The van der Waals surface area contributed by atoms with Crippen molar-refractivity contribution in [2.24, 2.45) is 5.92 Å². The van der Waals surface area contributed by atoms with E-state index in [1.165, 1.54) is 12.8 Å².